The molecule has 1 saturated heterocycles. The first kappa shape index (κ1) is 11.3. The van der Waals surface area contributed by atoms with Crippen molar-refractivity contribution in [3.63, 3.8) is 0 Å². The number of thiol groups is 1. The van der Waals surface area contributed by atoms with Crippen LogP contribution in [-0.2, 0) is 4.79 Å². The van der Waals surface area contributed by atoms with Crippen LogP contribution in [0.1, 0.15) is 12.0 Å². The van der Waals surface area contributed by atoms with Gasteiger partial charge in [-0.3, -0.25) is 4.79 Å². The van der Waals surface area contributed by atoms with Crippen molar-refractivity contribution in [1.82, 2.24) is 0 Å². The lowest BCUT2D eigenvalue weighted by atomic mass is 10.1. The topological polar surface area (TPSA) is 40.5 Å². The molecule has 1 atom stereocenters. The summed E-state index contributed by atoms with van der Waals surface area (Å²) < 4.78 is 0. The number of aromatic hydroxyl groups is 1. The highest BCUT2D eigenvalue weighted by Gasteiger charge is 2.29. The molecule has 1 aromatic rings. The molecule has 3 nitrogen and oxygen atoms in total. The summed E-state index contributed by atoms with van der Waals surface area (Å²) in [6.07, 6.45) is 0.554. The number of carbonyl (C=O) groups excluding carboxylic acids is 1. The van der Waals surface area contributed by atoms with Crippen LogP contribution in [0.2, 0.25) is 0 Å². The highest BCUT2D eigenvalue weighted by Crippen LogP contribution is 2.29. The second kappa shape index (κ2) is 4.37. The summed E-state index contributed by atoms with van der Waals surface area (Å²) in [4.78, 5) is 13.5. The van der Waals surface area contributed by atoms with Crippen molar-refractivity contribution >= 4 is 24.2 Å². The summed E-state index contributed by atoms with van der Waals surface area (Å²) in [7, 11) is 0. The maximum Gasteiger partial charge on any atom is 0.227 e. The van der Waals surface area contributed by atoms with Crippen LogP contribution in [0.5, 0.6) is 5.75 Å². The zero-order chi connectivity index (χ0) is 11.7. The van der Waals surface area contributed by atoms with Gasteiger partial charge in [0, 0.05) is 24.7 Å². The van der Waals surface area contributed by atoms with Gasteiger partial charge in [-0.2, -0.15) is 12.6 Å². The fraction of sp³-hybridized carbons (Fsp3) is 0.417. The maximum absolute atomic E-state index is 11.8. The Balaban J connectivity index is 2.27. The molecule has 0 spiro atoms. The number of hydrogen-bond acceptors (Lipinski definition) is 3. The molecule has 1 unspecified atom stereocenters. The largest absolute Gasteiger partial charge is 0.508 e. The fourth-order valence-corrected chi connectivity index (χ4v) is 2.30. The third-order valence-corrected chi connectivity index (χ3v) is 3.34. The predicted octanol–water partition coefficient (Wildman–Crippen LogP) is 1.98. The number of rotatable bonds is 2. The molecule has 0 aromatic heterocycles. The standard InChI is InChI=1S/C12H15NO2S/c1-8-2-10(5-11(14)3-8)13-6-9(7-16)4-12(13)15/h2-3,5,9,14,16H,4,6-7H2,1H3. The molecule has 1 aliphatic rings. The molecule has 0 saturated carbocycles. The fourth-order valence-electron chi connectivity index (χ4n) is 2.05. The van der Waals surface area contributed by atoms with Crippen LogP contribution in [0, 0.1) is 12.8 Å². The van der Waals surface area contributed by atoms with E-state index in [1.165, 1.54) is 0 Å². The molecule has 1 N–H and O–H groups in total. The van der Waals surface area contributed by atoms with Crippen LogP contribution in [0.4, 0.5) is 5.69 Å². The molecular formula is C12H15NO2S. The van der Waals surface area contributed by atoms with E-state index in [0.29, 0.717) is 18.9 Å². The van der Waals surface area contributed by atoms with Gasteiger partial charge in [-0.25, -0.2) is 0 Å². The highest BCUT2D eigenvalue weighted by molar-refractivity contribution is 7.80. The van der Waals surface area contributed by atoms with Crippen LogP contribution < -0.4 is 4.90 Å². The lowest BCUT2D eigenvalue weighted by Crippen LogP contribution is -2.24. The molecule has 2 rings (SSSR count). The van der Waals surface area contributed by atoms with E-state index in [0.717, 1.165) is 17.0 Å². The van der Waals surface area contributed by atoms with Crippen molar-refractivity contribution in [3.8, 4) is 5.75 Å². The minimum Gasteiger partial charge on any atom is -0.508 e. The van der Waals surface area contributed by atoms with Crippen LogP contribution in [0.15, 0.2) is 18.2 Å². The Hall–Kier alpha value is -1.16. The van der Waals surface area contributed by atoms with Crippen LogP contribution in [-0.4, -0.2) is 23.3 Å². The summed E-state index contributed by atoms with van der Waals surface area (Å²) in [6, 6.07) is 5.23. The first-order valence-electron chi connectivity index (χ1n) is 5.32. The van der Waals surface area contributed by atoms with Crippen molar-refractivity contribution < 1.29 is 9.90 Å². The third-order valence-electron chi connectivity index (χ3n) is 2.82. The van der Waals surface area contributed by atoms with Gasteiger partial charge in [0.1, 0.15) is 5.75 Å². The Bertz CT molecular complexity index is 399. The van der Waals surface area contributed by atoms with Gasteiger partial charge < -0.3 is 10.0 Å². The number of phenolic OH excluding ortho intramolecular Hbond substituents is 1. The summed E-state index contributed by atoms with van der Waals surface area (Å²) in [6.45, 7) is 2.60. The monoisotopic (exact) mass is 237 g/mol. The Morgan fingerprint density at radius 2 is 2.25 bits per heavy atom. The van der Waals surface area contributed by atoms with E-state index in [9.17, 15) is 9.90 Å². The lowest BCUT2D eigenvalue weighted by Gasteiger charge is -2.17. The highest BCUT2D eigenvalue weighted by atomic mass is 32.1. The predicted molar refractivity (Wildman–Crippen MR) is 67.2 cm³/mol. The molecule has 0 radical (unpaired) electrons. The number of phenols is 1. The quantitative estimate of drug-likeness (QED) is 0.772. The van der Waals surface area contributed by atoms with E-state index in [2.05, 4.69) is 12.6 Å². The minimum absolute atomic E-state index is 0.115. The molecule has 0 bridgehead atoms. The van der Waals surface area contributed by atoms with Crippen LogP contribution >= 0.6 is 12.6 Å². The molecular weight excluding hydrogens is 222 g/mol. The molecule has 4 heteroatoms. The summed E-state index contributed by atoms with van der Waals surface area (Å²) in [5, 5.41) is 9.51. The van der Waals surface area contributed by atoms with E-state index in [4.69, 9.17) is 0 Å². The Morgan fingerprint density at radius 3 is 2.81 bits per heavy atom. The van der Waals surface area contributed by atoms with Gasteiger partial charge >= 0.3 is 0 Å². The van der Waals surface area contributed by atoms with E-state index in [-0.39, 0.29) is 11.7 Å². The van der Waals surface area contributed by atoms with Gasteiger partial charge in [-0.05, 0) is 36.3 Å². The third kappa shape index (κ3) is 2.16. The van der Waals surface area contributed by atoms with Crippen molar-refractivity contribution in [1.29, 1.82) is 0 Å². The van der Waals surface area contributed by atoms with Crippen molar-refractivity contribution in [2.45, 2.75) is 13.3 Å². The number of aryl methyl sites for hydroxylation is 1. The molecule has 1 amide bonds. The van der Waals surface area contributed by atoms with E-state index >= 15 is 0 Å². The Labute approximate surface area is 100 Å². The number of amides is 1. The van der Waals surface area contributed by atoms with Crippen LogP contribution in [0.25, 0.3) is 0 Å². The van der Waals surface area contributed by atoms with Gasteiger partial charge in [-0.15, -0.1) is 0 Å². The molecule has 1 aromatic carbocycles. The van der Waals surface area contributed by atoms with Gasteiger partial charge in [0.25, 0.3) is 0 Å². The lowest BCUT2D eigenvalue weighted by molar-refractivity contribution is -0.117. The number of hydrogen-bond donors (Lipinski definition) is 2. The molecule has 1 aliphatic heterocycles. The molecule has 0 aliphatic carbocycles. The van der Waals surface area contributed by atoms with Crippen molar-refractivity contribution in [3.05, 3.63) is 23.8 Å². The summed E-state index contributed by atoms with van der Waals surface area (Å²) in [5.74, 6) is 1.36. The number of nitrogens with zero attached hydrogens (tertiary/aromatic N) is 1. The Morgan fingerprint density at radius 1 is 1.50 bits per heavy atom. The first-order valence-corrected chi connectivity index (χ1v) is 5.95. The average Bonchev–Trinajstić information content (AvgIpc) is 2.58. The van der Waals surface area contributed by atoms with Crippen molar-refractivity contribution in [2.75, 3.05) is 17.2 Å². The normalized spacial score (nSPS) is 20.5. The second-order valence-electron chi connectivity index (χ2n) is 4.28. The molecule has 86 valence electrons. The van der Waals surface area contributed by atoms with E-state index < -0.39 is 0 Å². The minimum atomic E-state index is 0.115. The first-order chi connectivity index (χ1) is 7.60. The zero-order valence-corrected chi connectivity index (χ0v) is 10.1. The second-order valence-corrected chi connectivity index (χ2v) is 4.65. The molecule has 16 heavy (non-hydrogen) atoms. The molecule has 1 heterocycles. The smallest absolute Gasteiger partial charge is 0.227 e. The summed E-state index contributed by atoms with van der Waals surface area (Å²) >= 11 is 4.22. The molecule has 1 fully saturated rings. The van der Waals surface area contributed by atoms with Crippen molar-refractivity contribution in [2.24, 2.45) is 5.92 Å². The van der Waals surface area contributed by atoms with Gasteiger partial charge in [-0.1, -0.05) is 0 Å². The average molecular weight is 237 g/mol. The van der Waals surface area contributed by atoms with E-state index in [1.807, 2.05) is 13.0 Å². The van der Waals surface area contributed by atoms with Gasteiger partial charge in [0.15, 0.2) is 0 Å². The number of benzene rings is 1. The summed E-state index contributed by atoms with van der Waals surface area (Å²) in [5.41, 5.74) is 1.74. The van der Waals surface area contributed by atoms with Gasteiger partial charge in [0.2, 0.25) is 5.91 Å². The maximum atomic E-state index is 11.8. The van der Waals surface area contributed by atoms with Crippen LogP contribution in [0.3, 0.4) is 0 Å². The number of carbonyl (C=O) groups is 1. The SMILES string of the molecule is Cc1cc(O)cc(N2CC(CS)CC2=O)c1. The number of anilines is 1. The Kier molecular flexibility index (Phi) is 3.10. The van der Waals surface area contributed by atoms with Gasteiger partial charge in [0.05, 0.1) is 0 Å². The van der Waals surface area contributed by atoms with E-state index in [1.54, 1.807) is 17.0 Å². The zero-order valence-electron chi connectivity index (χ0n) is 9.18.